The Kier molecular flexibility index (Phi) is 7.37. The zero-order chi connectivity index (χ0) is 22.1. The summed E-state index contributed by atoms with van der Waals surface area (Å²) in [5.74, 6) is -0.672. The van der Waals surface area contributed by atoms with Crippen LogP contribution in [-0.2, 0) is 30.6 Å². The molecule has 162 valence electrons. The standard InChI is InChI=1S/C20H21ClO6S3/c1-11(22)27-8-9-29-15-5-3-4-14(23)18(15)20(24)12-6-7-16-13(19(12)21)10-17(28-2)30(16,25)26/h6-7,17H,3-5,8-10H2,1-2H3. The van der Waals surface area contributed by atoms with Gasteiger partial charge in [0.2, 0.25) is 0 Å². The fraction of sp³-hybridized carbons (Fsp3) is 0.450. The summed E-state index contributed by atoms with van der Waals surface area (Å²) in [4.78, 5) is 37.6. The molecule has 0 spiro atoms. The second-order valence-corrected chi connectivity index (χ2v) is 11.9. The van der Waals surface area contributed by atoms with Crippen LogP contribution in [0.2, 0.25) is 5.02 Å². The summed E-state index contributed by atoms with van der Waals surface area (Å²) >= 11 is 9.04. The molecule has 0 bridgehead atoms. The number of thioether (sulfide) groups is 2. The minimum absolute atomic E-state index is 0.104. The molecule has 1 aliphatic carbocycles. The van der Waals surface area contributed by atoms with E-state index < -0.39 is 20.2 Å². The van der Waals surface area contributed by atoms with Gasteiger partial charge in [0.25, 0.3) is 0 Å². The highest BCUT2D eigenvalue weighted by Crippen LogP contribution is 2.42. The molecule has 10 heteroatoms. The Balaban J connectivity index is 1.94. The van der Waals surface area contributed by atoms with E-state index in [4.69, 9.17) is 16.3 Å². The molecule has 3 rings (SSSR count). The zero-order valence-corrected chi connectivity index (χ0v) is 19.7. The third-order valence-electron chi connectivity index (χ3n) is 4.99. The molecule has 0 N–H and O–H groups in total. The van der Waals surface area contributed by atoms with Crippen LogP contribution in [0.5, 0.6) is 0 Å². The summed E-state index contributed by atoms with van der Waals surface area (Å²) in [5.41, 5.74) is 0.698. The SMILES string of the molecule is CSC1Cc2c(ccc(C(=O)C3=C(SCCOC(C)=O)CCCC3=O)c2Cl)S1(=O)=O. The van der Waals surface area contributed by atoms with E-state index in [0.717, 1.165) is 0 Å². The number of carbonyl (C=O) groups excluding carboxylic acids is 3. The third kappa shape index (κ3) is 4.49. The number of ketones is 2. The lowest BCUT2D eigenvalue weighted by Gasteiger charge is -2.19. The lowest BCUT2D eigenvalue weighted by atomic mass is 9.91. The molecule has 30 heavy (non-hydrogen) atoms. The molecule has 1 aromatic carbocycles. The number of halogens is 1. The molecule has 0 saturated carbocycles. The number of Topliss-reactive ketones (excluding diaryl/α,β-unsaturated/α-hetero) is 2. The Hall–Kier alpha value is -1.29. The van der Waals surface area contributed by atoms with Crippen molar-refractivity contribution in [1.82, 2.24) is 0 Å². The van der Waals surface area contributed by atoms with Gasteiger partial charge in [0.15, 0.2) is 21.4 Å². The first-order chi connectivity index (χ1) is 14.2. The minimum atomic E-state index is -3.49. The molecule has 0 saturated heterocycles. The third-order valence-corrected chi connectivity index (χ3v) is 10.4. The quantitative estimate of drug-likeness (QED) is 0.247. The van der Waals surface area contributed by atoms with Gasteiger partial charge in [0.05, 0.1) is 15.5 Å². The fourth-order valence-electron chi connectivity index (χ4n) is 3.56. The number of allylic oxidation sites excluding steroid dienone is 2. The number of ether oxygens (including phenoxy) is 1. The van der Waals surface area contributed by atoms with Gasteiger partial charge in [-0.05, 0) is 41.7 Å². The molecule has 0 fully saturated rings. The van der Waals surface area contributed by atoms with E-state index in [0.29, 0.717) is 29.1 Å². The van der Waals surface area contributed by atoms with Crippen molar-refractivity contribution in [1.29, 1.82) is 0 Å². The Bertz CT molecular complexity index is 1040. The van der Waals surface area contributed by atoms with E-state index in [1.807, 2.05) is 0 Å². The monoisotopic (exact) mass is 488 g/mol. The van der Waals surface area contributed by atoms with Crippen LogP contribution < -0.4 is 0 Å². The van der Waals surface area contributed by atoms with E-state index >= 15 is 0 Å². The van der Waals surface area contributed by atoms with Gasteiger partial charge in [0, 0.05) is 31.1 Å². The normalized spacial score (nSPS) is 20.2. The first-order valence-corrected chi connectivity index (χ1v) is 13.5. The number of fused-ring (bicyclic) bond motifs is 1. The molecule has 6 nitrogen and oxygen atoms in total. The summed E-state index contributed by atoms with van der Waals surface area (Å²) in [6.07, 6.45) is 3.47. The average Bonchev–Trinajstić information content (AvgIpc) is 2.96. The number of sulfone groups is 1. The van der Waals surface area contributed by atoms with E-state index in [1.165, 1.54) is 42.6 Å². The van der Waals surface area contributed by atoms with Crippen LogP contribution in [0.4, 0.5) is 0 Å². The Morgan fingerprint density at radius 3 is 2.67 bits per heavy atom. The molecule has 2 aliphatic rings. The second kappa shape index (κ2) is 9.46. The topological polar surface area (TPSA) is 94.6 Å². The van der Waals surface area contributed by atoms with Crippen molar-refractivity contribution in [2.45, 2.75) is 42.1 Å². The molecular formula is C20H21ClO6S3. The summed E-state index contributed by atoms with van der Waals surface area (Å²) in [5, 5.41) is 0.104. The van der Waals surface area contributed by atoms with Crippen LogP contribution in [0, 0.1) is 0 Å². The minimum Gasteiger partial charge on any atom is -0.465 e. The van der Waals surface area contributed by atoms with Gasteiger partial charge >= 0.3 is 5.97 Å². The van der Waals surface area contributed by atoms with Crippen LogP contribution in [0.3, 0.4) is 0 Å². The zero-order valence-electron chi connectivity index (χ0n) is 16.5. The van der Waals surface area contributed by atoms with Crippen LogP contribution in [0.15, 0.2) is 27.5 Å². The van der Waals surface area contributed by atoms with E-state index in [-0.39, 0.29) is 52.3 Å². The van der Waals surface area contributed by atoms with Crippen molar-refractivity contribution < 1.29 is 27.5 Å². The van der Waals surface area contributed by atoms with Gasteiger partial charge in [-0.2, -0.15) is 0 Å². The Labute approximate surface area is 189 Å². The molecule has 1 heterocycles. The van der Waals surface area contributed by atoms with Crippen molar-refractivity contribution in [3.63, 3.8) is 0 Å². The average molecular weight is 489 g/mol. The maximum absolute atomic E-state index is 13.3. The summed E-state index contributed by atoms with van der Waals surface area (Å²) in [6.45, 7) is 1.51. The molecule has 1 atom stereocenters. The number of carbonyl (C=O) groups is 3. The molecule has 0 amide bonds. The van der Waals surface area contributed by atoms with Crippen molar-refractivity contribution in [2.24, 2.45) is 0 Å². The Morgan fingerprint density at radius 1 is 1.27 bits per heavy atom. The van der Waals surface area contributed by atoms with Crippen LogP contribution >= 0.6 is 35.1 Å². The molecular weight excluding hydrogens is 468 g/mol. The largest absolute Gasteiger partial charge is 0.465 e. The molecule has 1 aromatic rings. The van der Waals surface area contributed by atoms with Gasteiger partial charge in [0.1, 0.15) is 11.2 Å². The number of esters is 1. The summed E-state index contributed by atoms with van der Waals surface area (Å²) in [7, 11) is -3.49. The van der Waals surface area contributed by atoms with Gasteiger partial charge < -0.3 is 4.74 Å². The predicted molar refractivity (Wildman–Crippen MR) is 119 cm³/mol. The van der Waals surface area contributed by atoms with E-state index in [2.05, 4.69) is 0 Å². The van der Waals surface area contributed by atoms with Crippen LogP contribution in [0.1, 0.15) is 42.1 Å². The molecule has 1 unspecified atom stereocenters. The number of hydrogen-bond donors (Lipinski definition) is 0. The van der Waals surface area contributed by atoms with E-state index in [9.17, 15) is 22.8 Å². The van der Waals surface area contributed by atoms with Crippen molar-refractivity contribution in [3.8, 4) is 0 Å². The van der Waals surface area contributed by atoms with Crippen LogP contribution in [0.25, 0.3) is 0 Å². The highest BCUT2D eigenvalue weighted by molar-refractivity contribution is 8.13. The predicted octanol–water partition coefficient (Wildman–Crippen LogP) is 3.85. The molecule has 1 aliphatic heterocycles. The Morgan fingerprint density at radius 2 is 2.00 bits per heavy atom. The van der Waals surface area contributed by atoms with Gasteiger partial charge in [-0.3, -0.25) is 14.4 Å². The maximum Gasteiger partial charge on any atom is 0.302 e. The van der Waals surface area contributed by atoms with Gasteiger partial charge in [-0.25, -0.2) is 8.42 Å². The van der Waals surface area contributed by atoms with Gasteiger partial charge in [-0.1, -0.05) is 11.6 Å². The summed E-state index contributed by atoms with van der Waals surface area (Å²) in [6, 6.07) is 2.82. The van der Waals surface area contributed by atoms with Crippen molar-refractivity contribution >= 4 is 62.5 Å². The van der Waals surface area contributed by atoms with Gasteiger partial charge in [-0.15, -0.1) is 23.5 Å². The maximum atomic E-state index is 13.3. The first-order valence-electron chi connectivity index (χ1n) is 9.33. The number of benzene rings is 1. The lowest BCUT2D eigenvalue weighted by molar-refractivity contribution is -0.140. The van der Waals surface area contributed by atoms with Crippen LogP contribution in [-0.4, -0.2) is 49.2 Å². The van der Waals surface area contributed by atoms with Crippen molar-refractivity contribution in [2.75, 3.05) is 18.6 Å². The second-order valence-electron chi connectivity index (χ2n) is 6.91. The lowest BCUT2D eigenvalue weighted by Crippen LogP contribution is -2.20. The highest BCUT2D eigenvalue weighted by atomic mass is 35.5. The number of rotatable bonds is 7. The van der Waals surface area contributed by atoms with E-state index in [1.54, 1.807) is 6.26 Å². The molecule has 0 radical (unpaired) electrons. The highest BCUT2D eigenvalue weighted by Gasteiger charge is 2.39. The van der Waals surface area contributed by atoms with Crippen molar-refractivity contribution in [3.05, 3.63) is 38.8 Å². The first kappa shape index (κ1) is 23.4. The summed E-state index contributed by atoms with van der Waals surface area (Å²) < 4.78 is 29.5. The number of hydrogen-bond acceptors (Lipinski definition) is 8. The fourth-order valence-corrected chi connectivity index (χ4v) is 8.11. The smallest absolute Gasteiger partial charge is 0.302 e. The molecule has 0 aromatic heterocycles.